The Morgan fingerprint density at radius 1 is 1.16 bits per heavy atom. The molecule has 0 unspecified atom stereocenters. The molecule has 0 bridgehead atoms. The Bertz CT molecular complexity index is 799. The molecule has 5 rings (SSSR count). The van der Waals surface area contributed by atoms with Crippen molar-refractivity contribution in [2.45, 2.75) is 50.0 Å². The molecule has 2 fully saturated rings. The second-order valence-electron chi connectivity index (χ2n) is 7.18. The monoisotopic (exact) mass is 339 g/mol. The molecular formula is C19H21N3O3. The van der Waals surface area contributed by atoms with Gasteiger partial charge in [0.25, 0.3) is 0 Å². The summed E-state index contributed by atoms with van der Waals surface area (Å²) in [5, 5.41) is 4.18. The maximum Gasteiger partial charge on any atom is 0.231 e. The first kappa shape index (κ1) is 14.9. The molecule has 1 aliphatic carbocycles. The fourth-order valence-corrected chi connectivity index (χ4v) is 3.98. The molecule has 1 amide bonds. The molecule has 6 nitrogen and oxygen atoms in total. The molecule has 25 heavy (non-hydrogen) atoms. The number of ether oxygens (including phenoxy) is 1. The lowest BCUT2D eigenvalue weighted by atomic mass is 9.91. The molecule has 3 heterocycles. The number of hydrogen-bond donors (Lipinski definition) is 0. The van der Waals surface area contributed by atoms with Crippen LogP contribution in [0.5, 0.6) is 5.75 Å². The molecule has 1 saturated carbocycles. The van der Waals surface area contributed by atoms with Gasteiger partial charge in [0.05, 0.1) is 18.6 Å². The Morgan fingerprint density at radius 2 is 2.04 bits per heavy atom. The van der Waals surface area contributed by atoms with E-state index in [1.54, 1.807) is 0 Å². The van der Waals surface area contributed by atoms with E-state index in [-0.39, 0.29) is 17.9 Å². The van der Waals surface area contributed by atoms with Crippen molar-refractivity contribution in [3.05, 3.63) is 41.5 Å². The number of carbonyl (C=O) groups is 1. The molecule has 3 aliphatic rings. The van der Waals surface area contributed by atoms with Crippen LogP contribution in [0.25, 0.3) is 0 Å². The number of likely N-dealkylation sites (tertiary alicyclic amines) is 1. The van der Waals surface area contributed by atoms with E-state index in [9.17, 15) is 4.79 Å². The highest BCUT2D eigenvalue weighted by Crippen LogP contribution is 2.41. The number of hydrogen-bond acceptors (Lipinski definition) is 5. The van der Waals surface area contributed by atoms with Gasteiger partial charge in [0.1, 0.15) is 5.75 Å². The summed E-state index contributed by atoms with van der Waals surface area (Å²) in [7, 11) is 0. The molecular weight excluding hydrogens is 318 g/mol. The van der Waals surface area contributed by atoms with Gasteiger partial charge in [-0.1, -0.05) is 23.4 Å². The van der Waals surface area contributed by atoms with Crippen molar-refractivity contribution in [3.63, 3.8) is 0 Å². The lowest BCUT2D eigenvalue weighted by Gasteiger charge is -2.30. The van der Waals surface area contributed by atoms with Crippen LogP contribution in [0.1, 0.15) is 67.3 Å². The summed E-state index contributed by atoms with van der Waals surface area (Å²) in [6.45, 7) is 1.34. The second-order valence-corrected chi connectivity index (χ2v) is 7.18. The van der Waals surface area contributed by atoms with Gasteiger partial charge in [0.2, 0.25) is 11.8 Å². The van der Waals surface area contributed by atoms with Crippen LogP contribution in [0, 0.1) is 0 Å². The van der Waals surface area contributed by atoms with E-state index in [2.05, 4.69) is 10.1 Å². The Morgan fingerprint density at radius 3 is 2.92 bits per heavy atom. The van der Waals surface area contributed by atoms with E-state index in [1.165, 1.54) is 0 Å². The van der Waals surface area contributed by atoms with Crippen LogP contribution < -0.4 is 4.74 Å². The van der Waals surface area contributed by atoms with Crippen LogP contribution in [-0.2, 0) is 4.79 Å². The Hall–Kier alpha value is -2.37. The zero-order chi connectivity index (χ0) is 16.8. The number of amides is 1. The van der Waals surface area contributed by atoms with Crippen molar-refractivity contribution in [2.75, 3.05) is 13.2 Å². The van der Waals surface area contributed by atoms with Crippen molar-refractivity contribution in [1.29, 1.82) is 0 Å². The van der Waals surface area contributed by atoms with Crippen LogP contribution in [0.4, 0.5) is 0 Å². The molecule has 2 atom stereocenters. The van der Waals surface area contributed by atoms with Gasteiger partial charge in [-0.25, -0.2) is 0 Å². The highest BCUT2D eigenvalue weighted by molar-refractivity contribution is 5.85. The predicted molar refractivity (Wildman–Crippen MR) is 89.3 cm³/mol. The molecule has 6 heteroatoms. The zero-order valence-electron chi connectivity index (χ0n) is 14.1. The van der Waals surface area contributed by atoms with Crippen LogP contribution in [0.3, 0.4) is 0 Å². The minimum Gasteiger partial charge on any atom is -0.493 e. The molecule has 1 aromatic heterocycles. The number of rotatable bonds is 3. The topological polar surface area (TPSA) is 68.5 Å². The van der Waals surface area contributed by atoms with Crippen molar-refractivity contribution < 1.29 is 14.1 Å². The van der Waals surface area contributed by atoms with E-state index in [0.29, 0.717) is 18.3 Å². The summed E-state index contributed by atoms with van der Waals surface area (Å²) in [4.78, 5) is 19.8. The minimum atomic E-state index is -0.139. The van der Waals surface area contributed by atoms with Gasteiger partial charge in [0, 0.05) is 18.0 Å². The highest BCUT2D eigenvalue weighted by Gasteiger charge is 2.39. The van der Waals surface area contributed by atoms with Crippen molar-refractivity contribution in [2.24, 2.45) is 0 Å². The van der Waals surface area contributed by atoms with Crippen LogP contribution in [0.15, 0.2) is 28.8 Å². The molecule has 0 N–H and O–H groups in total. The maximum absolute atomic E-state index is 13.3. The number of fused-ring (bicyclic) bond motifs is 1. The quantitative estimate of drug-likeness (QED) is 0.859. The Labute approximate surface area is 146 Å². The first-order valence-electron chi connectivity index (χ1n) is 9.17. The maximum atomic E-state index is 13.3. The van der Waals surface area contributed by atoms with Crippen molar-refractivity contribution >= 4 is 5.91 Å². The minimum absolute atomic E-state index is 0.0567. The summed E-state index contributed by atoms with van der Waals surface area (Å²) in [6.07, 6.45) is 4.87. The number of aromatic nitrogens is 2. The van der Waals surface area contributed by atoms with Crippen molar-refractivity contribution in [1.82, 2.24) is 15.0 Å². The molecule has 1 saturated heterocycles. The third-order valence-corrected chi connectivity index (χ3v) is 5.47. The van der Waals surface area contributed by atoms with Crippen LogP contribution in [-0.4, -0.2) is 34.1 Å². The van der Waals surface area contributed by atoms with Gasteiger partial charge >= 0.3 is 0 Å². The van der Waals surface area contributed by atoms with E-state index < -0.39 is 0 Å². The Kier molecular flexibility index (Phi) is 3.50. The Balaban J connectivity index is 1.41. The van der Waals surface area contributed by atoms with E-state index in [4.69, 9.17) is 9.26 Å². The van der Waals surface area contributed by atoms with Gasteiger partial charge in [-0.15, -0.1) is 0 Å². The summed E-state index contributed by atoms with van der Waals surface area (Å²) in [5.74, 6) is 2.71. The third kappa shape index (κ3) is 2.60. The predicted octanol–water partition coefficient (Wildman–Crippen LogP) is 3.18. The summed E-state index contributed by atoms with van der Waals surface area (Å²) in [5.41, 5.74) is 0.996. The number of benzene rings is 1. The average Bonchev–Trinajstić information content (AvgIpc) is 3.19. The van der Waals surface area contributed by atoms with Crippen LogP contribution >= 0.6 is 0 Å². The van der Waals surface area contributed by atoms with Gasteiger partial charge in [-0.05, 0) is 38.2 Å². The fraction of sp³-hybridized carbons (Fsp3) is 0.526. The summed E-state index contributed by atoms with van der Waals surface area (Å²) >= 11 is 0. The number of carbonyl (C=O) groups excluding carboxylic acids is 1. The van der Waals surface area contributed by atoms with E-state index >= 15 is 0 Å². The first-order valence-corrected chi connectivity index (χ1v) is 9.17. The number of nitrogens with zero attached hydrogens (tertiary/aromatic N) is 3. The molecule has 2 aromatic rings. The summed E-state index contributed by atoms with van der Waals surface area (Å²) < 4.78 is 11.1. The average molecular weight is 339 g/mol. The third-order valence-electron chi connectivity index (χ3n) is 5.47. The van der Waals surface area contributed by atoms with E-state index in [0.717, 1.165) is 55.9 Å². The first-order chi connectivity index (χ1) is 12.3. The highest BCUT2D eigenvalue weighted by atomic mass is 16.5. The molecule has 0 spiro atoms. The molecule has 2 aliphatic heterocycles. The lowest BCUT2D eigenvalue weighted by Crippen LogP contribution is -2.37. The van der Waals surface area contributed by atoms with Crippen molar-refractivity contribution in [3.8, 4) is 5.75 Å². The van der Waals surface area contributed by atoms with Gasteiger partial charge in [0.15, 0.2) is 5.82 Å². The normalized spacial score (nSPS) is 25.5. The molecule has 130 valence electrons. The SMILES string of the molecule is O=C([C@H]1CCOc2ccccc21)N1CCC[C@@H]1c1noc(C2CC2)n1. The lowest BCUT2D eigenvalue weighted by molar-refractivity contribution is -0.134. The number of para-hydroxylation sites is 1. The standard InChI is InChI=1S/C19H21N3O3/c23-19(14-9-11-24-16-6-2-1-4-13(14)16)22-10-3-5-15(22)17-20-18(25-21-17)12-7-8-12/h1-2,4,6,12,14-15H,3,5,7-11H2/t14-,15+/m0/s1. The zero-order valence-corrected chi connectivity index (χ0v) is 14.1. The molecule has 1 aromatic carbocycles. The largest absolute Gasteiger partial charge is 0.493 e. The summed E-state index contributed by atoms with van der Waals surface area (Å²) in [6, 6.07) is 7.80. The second kappa shape index (κ2) is 5.86. The fourth-order valence-electron chi connectivity index (χ4n) is 3.98. The van der Waals surface area contributed by atoms with Gasteiger partial charge in [-0.3, -0.25) is 4.79 Å². The molecule has 0 radical (unpaired) electrons. The van der Waals surface area contributed by atoms with E-state index in [1.807, 2.05) is 29.2 Å². The van der Waals surface area contributed by atoms with Crippen LogP contribution in [0.2, 0.25) is 0 Å². The smallest absolute Gasteiger partial charge is 0.231 e. The van der Waals surface area contributed by atoms with Gasteiger partial charge < -0.3 is 14.2 Å². The van der Waals surface area contributed by atoms with Gasteiger partial charge in [-0.2, -0.15) is 4.98 Å².